The van der Waals surface area contributed by atoms with Gasteiger partial charge in [0.2, 0.25) is 12.1 Å². The van der Waals surface area contributed by atoms with Crippen molar-refractivity contribution >= 4 is 12.1 Å². The third kappa shape index (κ3) is 10.4. The average Bonchev–Trinajstić information content (AvgIpc) is 3.87. The molecule has 20 nitrogen and oxygen atoms in total. The Bertz CT molecular complexity index is 2140. The summed E-state index contributed by atoms with van der Waals surface area (Å²) >= 11 is 0. The molecule has 0 aliphatic heterocycles. The first-order chi connectivity index (χ1) is 26.4. The highest BCUT2D eigenvalue weighted by Gasteiger charge is 2.28. The van der Waals surface area contributed by atoms with Crippen LogP contribution in [0.25, 0.3) is 22.5 Å². The summed E-state index contributed by atoms with van der Waals surface area (Å²) in [5.74, 6) is -0.510. The number of esters is 1. The second-order valence-electron chi connectivity index (χ2n) is 11.9. The van der Waals surface area contributed by atoms with E-state index in [9.17, 15) is 29.6 Å². The molecular formula is C35H39N7O13. The fourth-order valence-corrected chi connectivity index (χ4v) is 5.38. The predicted molar refractivity (Wildman–Crippen MR) is 187 cm³/mol. The van der Waals surface area contributed by atoms with Gasteiger partial charge in [0.25, 0.3) is 5.09 Å². The highest BCUT2D eigenvalue weighted by Crippen LogP contribution is 2.31. The van der Waals surface area contributed by atoms with Gasteiger partial charge in [0.1, 0.15) is 24.7 Å². The number of nitrogens with zero attached hydrogens (tertiary/aromatic N) is 7. The van der Waals surface area contributed by atoms with Crippen LogP contribution in [0.3, 0.4) is 0 Å². The van der Waals surface area contributed by atoms with Crippen LogP contribution >= 0.6 is 0 Å². The number of imidazole rings is 1. The lowest BCUT2D eigenvalue weighted by molar-refractivity contribution is -0.758. The van der Waals surface area contributed by atoms with Gasteiger partial charge in [-0.3, -0.25) is 0 Å². The lowest BCUT2D eigenvalue weighted by atomic mass is 9.98. The molecule has 1 N–H and O–H groups in total. The summed E-state index contributed by atoms with van der Waals surface area (Å²) in [4.78, 5) is 57.1. The fraction of sp³-hybridized carbons (Fsp3) is 0.400. The number of carbonyl (C=O) groups excluding carboxylic acids is 2. The lowest BCUT2D eigenvalue weighted by Crippen LogP contribution is -2.19. The van der Waals surface area contributed by atoms with Crippen LogP contribution < -0.4 is 5.82 Å². The van der Waals surface area contributed by atoms with Gasteiger partial charge in [-0.15, -0.1) is 25.1 Å². The van der Waals surface area contributed by atoms with Crippen LogP contribution in [0, 0.1) is 17.0 Å². The maximum atomic E-state index is 13.5. The second-order valence-corrected chi connectivity index (χ2v) is 11.9. The predicted octanol–water partition coefficient (Wildman–Crippen LogP) is 4.37. The van der Waals surface area contributed by atoms with Crippen LogP contribution in [0.2, 0.25) is 0 Å². The minimum Gasteiger partial charge on any atom is -0.453 e. The molecule has 0 spiro atoms. The molecule has 0 saturated carbocycles. The topological polar surface area (TPSA) is 248 Å². The summed E-state index contributed by atoms with van der Waals surface area (Å²) in [6.07, 6.45) is -1.77. The van der Waals surface area contributed by atoms with Crippen molar-refractivity contribution in [2.75, 3.05) is 26.4 Å². The van der Waals surface area contributed by atoms with Crippen molar-refractivity contribution in [3.05, 3.63) is 104 Å². The monoisotopic (exact) mass is 765 g/mol. The first-order valence-electron chi connectivity index (χ1n) is 17.2. The van der Waals surface area contributed by atoms with Crippen LogP contribution in [0.4, 0.5) is 4.79 Å². The van der Waals surface area contributed by atoms with E-state index in [2.05, 4.69) is 25.2 Å². The van der Waals surface area contributed by atoms with E-state index in [1.54, 1.807) is 4.57 Å². The van der Waals surface area contributed by atoms with Gasteiger partial charge in [-0.2, -0.15) is 0 Å². The molecule has 55 heavy (non-hydrogen) atoms. The van der Waals surface area contributed by atoms with E-state index < -0.39 is 35.4 Å². The van der Waals surface area contributed by atoms with Crippen molar-refractivity contribution in [3.63, 3.8) is 0 Å². The summed E-state index contributed by atoms with van der Waals surface area (Å²) in [5.41, 5.74) is 3.37. The minimum atomic E-state index is -1.06. The van der Waals surface area contributed by atoms with Crippen LogP contribution in [0.15, 0.2) is 62.2 Å². The lowest BCUT2D eigenvalue weighted by Gasteiger charge is -2.14. The number of tetrazole rings is 1. The van der Waals surface area contributed by atoms with Crippen molar-refractivity contribution < 1.29 is 52.4 Å². The van der Waals surface area contributed by atoms with E-state index >= 15 is 0 Å². The zero-order valence-corrected chi connectivity index (χ0v) is 30.4. The van der Waals surface area contributed by atoms with Gasteiger partial charge in [-0.1, -0.05) is 55.5 Å². The highest BCUT2D eigenvalue weighted by molar-refractivity contribution is 5.89. The van der Waals surface area contributed by atoms with Crippen molar-refractivity contribution in [3.8, 4) is 22.5 Å². The van der Waals surface area contributed by atoms with Gasteiger partial charge in [-0.25, -0.2) is 19.4 Å². The second kappa shape index (κ2) is 18.6. The molecular weight excluding hydrogens is 726 g/mol. The Kier molecular flexibility index (Phi) is 13.4. The SMILES string of the molecule is CCCc1nc(C(C)O)c(C(=O)OCc2oc(=O)oc2C)n1Cc1ccc(-c2ccccc2-c2nnn(C(C)OC(=O)OCCOCCO[N+](=O)[O-])n2)cc1. The van der Waals surface area contributed by atoms with E-state index in [4.69, 9.17) is 27.8 Å². The standard InChI is InChI=1S/C35H39N7O13/c1-5-8-29-36-30(21(2)43)31(33(44)51-20-28-22(3)53-35(46)55-28)40(29)19-24-11-13-25(14-12-24)26-9-6-7-10-27(26)32-37-39-41(38-32)23(4)54-34(45)50-17-15-49-16-18-52-42(47)48/h6-7,9-14,21,23,43H,5,8,15-20H2,1-4H3. The molecule has 5 aromatic rings. The smallest absolute Gasteiger partial charge is 0.453 e. The molecule has 2 aromatic carbocycles. The maximum Gasteiger partial charge on any atom is 0.519 e. The number of hydrogen-bond acceptors (Lipinski definition) is 17. The number of aliphatic hydroxyl groups is 1. The van der Waals surface area contributed by atoms with Gasteiger partial charge in [0, 0.05) is 18.5 Å². The normalized spacial score (nSPS) is 12.2. The fourth-order valence-electron chi connectivity index (χ4n) is 5.38. The Morgan fingerprint density at radius 2 is 1.73 bits per heavy atom. The number of carbonyl (C=O) groups is 2. The maximum absolute atomic E-state index is 13.5. The molecule has 5 rings (SSSR count). The molecule has 3 heterocycles. The Hall–Kier alpha value is -6.41. The number of aryl methyl sites for hydroxylation is 2. The summed E-state index contributed by atoms with van der Waals surface area (Å²) in [6.45, 7) is 5.97. The van der Waals surface area contributed by atoms with Gasteiger partial charge in [0.05, 0.1) is 19.3 Å². The van der Waals surface area contributed by atoms with Crippen molar-refractivity contribution in [1.82, 2.24) is 29.8 Å². The molecule has 0 saturated heterocycles. The van der Waals surface area contributed by atoms with E-state index in [0.717, 1.165) is 27.9 Å². The summed E-state index contributed by atoms with van der Waals surface area (Å²) in [7, 11) is 0. The number of benzene rings is 2. The third-order valence-corrected chi connectivity index (χ3v) is 7.97. The van der Waals surface area contributed by atoms with E-state index in [0.29, 0.717) is 17.8 Å². The third-order valence-electron chi connectivity index (χ3n) is 7.97. The molecule has 0 radical (unpaired) electrons. The quantitative estimate of drug-likeness (QED) is 0.0530. The molecule has 20 heteroatoms. The van der Waals surface area contributed by atoms with Crippen LogP contribution in [-0.2, 0) is 43.4 Å². The molecule has 0 fully saturated rings. The van der Waals surface area contributed by atoms with E-state index in [1.807, 2.05) is 55.5 Å². The van der Waals surface area contributed by atoms with E-state index in [1.165, 1.54) is 20.8 Å². The van der Waals surface area contributed by atoms with Gasteiger partial charge in [-0.05, 0) is 49.1 Å². The van der Waals surface area contributed by atoms with Gasteiger partial charge in [0.15, 0.2) is 23.8 Å². The zero-order chi connectivity index (χ0) is 39.5. The van der Waals surface area contributed by atoms with Gasteiger partial charge < -0.3 is 42.3 Å². The molecule has 0 aliphatic rings. The number of hydrogen-bond donors (Lipinski definition) is 1. The first-order valence-corrected chi connectivity index (χ1v) is 17.2. The minimum absolute atomic E-state index is 0.0208. The molecule has 292 valence electrons. The van der Waals surface area contributed by atoms with Gasteiger partial charge >= 0.3 is 17.9 Å². The van der Waals surface area contributed by atoms with Crippen LogP contribution in [0.5, 0.6) is 0 Å². The van der Waals surface area contributed by atoms with Crippen LogP contribution in [-0.4, -0.2) is 78.5 Å². The summed E-state index contributed by atoms with van der Waals surface area (Å²) in [6, 6.07) is 15.0. The highest BCUT2D eigenvalue weighted by atomic mass is 17.0. The molecule has 3 aromatic heterocycles. The van der Waals surface area contributed by atoms with Crippen molar-refractivity contribution in [2.45, 2.75) is 66.0 Å². The van der Waals surface area contributed by atoms with E-state index in [-0.39, 0.29) is 68.3 Å². The largest absolute Gasteiger partial charge is 0.519 e. The number of aromatic nitrogens is 6. The number of ether oxygens (including phenoxy) is 4. The molecule has 0 aliphatic carbocycles. The zero-order valence-electron chi connectivity index (χ0n) is 30.4. The number of aliphatic hydroxyl groups excluding tert-OH is 1. The average molecular weight is 766 g/mol. The van der Waals surface area contributed by atoms with Crippen molar-refractivity contribution in [1.29, 1.82) is 0 Å². The molecule has 0 bridgehead atoms. The molecule has 2 atom stereocenters. The molecule has 2 unspecified atom stereocenters. The molecule has 0 amide bonds. The first kappa shape index (κ1) is 39.8. The summed E-state index contributed by atoms with van der Waals surface area (Å²) < 4.78 is 32.3. The van der Waals surface area contributed by atoms with Crippen molar-refractivity contribution in [2.24, 2.45) is 0 Å². The Morgan fingerprint density at radius 3 is 2.40 bits per heavy atom. The Balaban J connectivity index is 1.27. The summed E-state index contributed by atoms with van der Waals surface area (Å²) in [5, 5.41) is 32.4. The number of rotatable bonds is 19. The van der Waals surface area contributed by atoms with Crippen LogP contribution in [0.1, 0.15) is 78.6 Å². The Morgan fingerprint density at radius 1 is 1.00 bits per heavy atom. The Labute approximate surface area is 312 Å².